The maximum atomic E-state index is 12.8. The fourth-order valence-electron chi connectivity index (χ4n) is 3.92. The molecule has 0 spiro atoms. The summed E-state index contributed by atoms with van der Waals surface area (Å²) in [5, 5.41) is 7.46. The van der Waals surface area contributed by atoms with E-state index in [1.54, 1.807) is 0 Å². The van der Waals surface area contributed by atoms with Gasteiger partial charge in [-0.15, -0.1) is 18.2 Å². The molecule has 0 aromatic carbocycles. The van der Waals surface area contributed by atoms with Crippen LogP contribution >= 0.6 is 11.8 Å². The van der Waals surface area contributed by atoms with Gasteiger partial charge in [-0.05, 0) is 25.7 Å². The van der Waals surface area contributed by atoms with Crippen molar-refractivity contribution in [3.8, 4) is 12.3 Å². The Hall–Kier alpha value is -1.93. The van der Waals surface area contributed by atoms with Gasteiger partial charge in [0.1, 0.15) is 6.04 Å². The van der Waals surface area contributed by atoms with E-state index in [1.807, 2.05) is 0 Å². The second-order valence-corrected chi connectivity index (χ2v) is 8.63. The minimum atomic E-state index is -4.42. The molecule has 0 aromatic rings. The Morgan fingerprint density at radius 3 is 2.72 bits per heavy atom. The van der Waals surface area contributed by atoms with Crippen molar-refractivity contribution in [2.45, 2.75) is 55.4 Å². The second-order valence-electron chi connectivity index (χ2n) is 7.42. The molecular formula is C18H23F3N4O3S. The number of hydrogen-bond acceptors (Lipinski definition) is 5. The van der Waals surface area contributed by atoms with Gasteiger partial charge in [0.25, 0.3) is 0 Å². The SMILES string of the molecule is C#C[C@H](C[C@@H]1CCNC1=O)NC(=O)[C@@H]1CS[C@H]2CC[C@H](NCC(F)(F)F)C(=O)N21. The van der Waals surface area contributed by atoms with Crippen molar-refractivity contribution in [2.24, 2.45) is 5.92 Å². The first kappa shape index (κ1) is 21.8. The summed E-state index contributed by atoms with van der Waals surface area (Å²) >= 11 is 1.44. The van der Waals surface area contributed by atoms with E-state index in [1.165, 1.54) is 16.7 Å². The third-order valence-electron chi connectivity index (χ3n) is 5.40. The van der Waals surface area contributed by atoms with Crippen LogP contribution in [0.2, 0.25) is 0 Å². The number of alkyl halides is 3. The number of terminal acetylenes is 1. The van der Waals surface area contributed by atoms with Crippen LogP contribution in [-0.4, -0.2) is 71.1 Å². The van der Waals surface area contributed by atoms with E-state index in [0.29, 0.717) is 38.0 Å². The lowest BCUT2D eigenvalue weighted by Gasteiger charge is -2.37. The van der Waals surface area contributed by atoms with Crippen LogP contribution in [0.5, 0.6) is 0 Å². The molecule has 3 saturated heterocycles. The van der Waals surface area contributed by atoms with Gasteiger partial charge in [0, 0.05) is 18.2 Å². The van der Waals surface area contributed by atoms with Crippen molar-refractivity contribution >= 4 is 29.5 Å². The van der Waals surface area contributed by atoms with Crippen molar-refractivity contribution in [2.75, 3.05) is 18.8 Å². The van der Waals surface area contributed by atoms with Gasteiger partial charge in [0.05, 0.1) is 24.0 Å². The Balaban J connectivity index is 1.60. The number of fused-ring (bicyclic) bond motifs is 1. The van der Waals surface area contributed by atoms with Gasteiger partial charge < -0.3 is 15.5 Å². The molecule has 160 valence electrons. The molecule has 0 radical (unpaired) electrons. The summed E-state index contributed by atoms with van der Waals surface area (Å²) in [7, 11) is 0. The number of carbonyl (C=O) groups is 3. The highest BCUT2D eigenvalue weighted by Crippen LogP contribution is 2.36. The smallest absolute Gasteiger partial charge is 0.356 e. The summed E-state index contributed by atoms with van der Waals surface area (Å²) in [5.41, 5.74) is 0. The summed E-state index contributed by atoms with van der Waals surface area (Å²) in [4.78, 5) is 38.6. The Morgan fingerprint density at radius 1 is 1.34 bits per heavy atom. The Kier molecular flexibility index (Phi) is 6.63. The van der Waals surface area contributed by atoms with E-state index in [2.05, 4.69) is 21.9 Å². The molecule has 3 aliphatic heterocycles. The molecule has 3 fully saturated rings. The average Bonchev–Trinajstić information content (AvgIpc) is 3.26. The van der Waals surface area contributed by atoms with Gasteiger partial charge in [-0.25, -0.2) is 0 Å². The largest absolute Gasteiger partial charge is 0.401 e. The standard InChI is InChI=1S/C18H23F3N4O3S/c1-2-11(7-10-5-6-22-15(10)26)24-16(27)13-8-29-14-4-3-12(17(28)25(13)14)23-9-18(19,20)21/h1,10-14,23H,3-9H2,(H,22,26)(H,24,27)/t10-,11+,12-,13-,14-/m0/s1. The van der Waals surface area contributed by atoms with E-state index in [4.69, 9.17) is 6.42 Å². The predicted molar refractivity (Wildman–Crippen MR) is 100 cm³/mol. The summed E-state index contributed by atoms with van der Waals surface area (Å²) in [6.45, 7) is -0.682. The number of nitrogens with zero attached hydrogens (tertiary/aromatic N) is 1. The number of thioether (sulfide) groups is 1. The number of carbonyl (C=O) groups excluding carboxylic acids is 3. The summed E-state index contributed by atoms with van der Waals surface area (Å²) < 4.78 is 37.5. The van der Waals surface area contributed by atoms with Gasteiger partial charge >= 0.3 is 6.18 Å². The van der Waals surface area contributed by atoms with Crippen LogP contribution in [0.25, 0.3) is 0 Å². The molecule has 3 heterocycles. The zero-order valence-electron chi connectivity index (χ0n) is 15.6. The highest BCUT2D eigenvalue weighted by atomic mass is 32.2. The molecule has 3 aliphatic rings. The van der Waals surface area contributed by atoms with Crippen molar-refractivity contribution in [3.05, 3.63) is 0 Å². The van der Waals surface area contributed by atoms with E-state index >= 15 is 0 Å². The van der Waals surface area contributed by atoms with Crippen LogP contribution in [0, 0.1) is 18.3 Å². The summed E-state index contributed by atoms with van der Waals surface area (Å²) in [6.07, 6.45) is 2.84. The molecule has 3 amide bonds. The molecule has 0 aliphatic carbocycles. The fraction of sp³-hybridized carbons (Fsp3) is 0.722. The lowest BCUT2D eigenvalue weighted by molar-refractivity contribution is -0.147. The fourth-order valence-corrected chi connectivity index (χ4v) is 5.35. The van der Waals surface area contributed by atoms with Crippen molar-refractivity contribution in [3.63, 3.8) is 0 Å². The van der Waals surface area contributed by atoms with E-state index in [0.717, 1.165) is 0 Å². The maximum absolute atomic E-state index is 12.8. The highest BCUT2D eigenvalue weighted by molar-refractivity contribution is 8.00. The molecule has 5 atom stereocenters. The lowest BCUT2D eigenvalue weighted by Crippen LogP contribution is -2.59. The Labute approximate surface area is 170 Å². The molecule has 7 nitrogen and oxygen atoms in total. The molecule has 0 bridgehead atoms. The average molecular weight is 432 g/mol. The molecule has 3 rings (SSSR count). The Morgan fingerprint density at radius 2 is 2.10 bits per heavy atom. The first-order valence-corrected chi connectivity index (χ1v) is 10.5. The minimum Gasteiger partial charge on any atom is -0.356 e. The second kappa shape index (κ2) is 8.83. The number of rotatable bonds is 6. The third kappa shape index (κ3) is 5.17. The zero-order valence-corrected chi connectivity index (χ0v) is 16.4. The number of nitrogens with one attached hydrogen (secondary N) is 3. The Bertz CT molecular complexity index is 711. The zero-order chi connectivity index (χ0) is 21.2. The topological polar surface area (TPSA) is 90.5 Å². The molecular weight excluding hydrogens is 409 g/mol. The number of hydrogen-bond donors (Lipinski definition) is 3. The van der Waals surface area contributed by atoms with Gasteiger partial charge in [-0.1, -0.05) is 5.92 Å². The van der Waals surface area contributed by atoms with Crippen molar-refractivity contribution in [1.82, 2.24) is 20.9 Å². The van der Waals surface area contributed by atoms with E-state index < -0.39 is 42.7 Å². The molecule has 0 aromatic heterocycles. The van der Waals surface area contributed by atoms with Gasteiger partial charge in [-0.2, -0.15) is 13.2 Å². The number of piperidine rings is 1. The first-order chi connectivity index (χ1) is 13.7. The summed E-state index contributed by atoms with van der Waals surface area (Å²) in [5.74, 6) is 1.53. The number of halogens is 3. The van der Waals surface area contributed by atoms with Crippen LogP contribution in [-0.2, 0) is 14.4 Å². The summed E-state index contributed by atoms with van der Waals surface area (Å²) in [6, 6.07) is -2.41. The molecule has 29 heavy (non-hydrogen) atoms. The monoisotopic (exact) mass is 432 g/mol. The molecule has 11 heteroatoms. The van der Waals surface area contributed by atoms with Gasteiger partial charge in [-0.3, -0.25) is 19.7 Å². The molecule has 3 N–H and O–H groups in total. The minimum absolute atomic E-state index is 0.0965. The third-order valence-corrected chi connectivity index (χ3v) is 6.76. The molecule has 0 unspecified atom stereocenters. The lowest BCUT2D eigenvalue weighted by atomic mass is 9.98. The van der Waals surface area contributed by atoms with Crippen LogP contribution in [0.15, 0.2) is 0 Å². The normalized spacial score (nSPS) is 30.5. The van der Waals surface area contributed by atoms with E-state index in [-0.39, 0.29) is 17.2 Å². The highest BCUT2D eigenvalue weighted by Gasteiger charge is 2.47. The predicted octanol–water partition coefficient (Wildman–Crippen LogP) is 0.215. The van der Waals surface area contributed by atoms with Gasteiger partial charge in [0.15, 0.2) is 0 Å². The van der Waals surface area contributed by atoms with Crippen LogP contribution in [0.3, 0.4) is 0 Å². The number of amides is 3. The van der Waals surface area contributed by atoms with Crippen LogP contribution in [0.1, 0.15) is 25.7 Å². The molecule has 0 saturated carbocycles. The van der Waals surface area contributed by atoms with Crippen molar-refractivity contribution < 1.29 is 27.6 Å². The van der Waals surface area contributed by atoms with Crippen molar-refractivity contribution in [1.29, 1.82) is 0 Å². The van der Waals surface area contributed by atoms with Gasteiger partial charge in [0.2, 0.25) is 17.7 Å². The van der Waals surface area contributed by atoms with Crippen LogP contribution in [0.4, 0.5) is 13.2 Å². The van der Waals surface area contributed by atoms with E-state index in [9.17, 15) is 27.6 Å². The van der Waals surface area contributed by atoms with Crippen LogP contribution < -0.4 is 16.0 Å². The quantitative estimate of drug-likeness (QED) is 0.523. The maximum Gasteiger partial charge on any atom is 0.401 e. The first-order valence-electron chi connectivity index (χ1n) is 9.47.